The van der Waals surface area contributed by atoms with Gasteiger partial charge in [-0.05, 0) is 67.7 Å². The fourth-order valence-electron chi connectivity index (χ4n) is 6.48. The van der Waals surface area contributed by atoms with Gasteiger partial charge in [0, 0.05) is 6.04 Å². The molecule has 1 saturated carbocycles. The van der Waals surface area contributed by atoms with Crippen molar-refractivity contribution < 1.29 is 9.59 Å². The normalized spacial score (nSPS) is 25.6. The second-order valence-corrected chi connectivity index (χ2v) is 11.5. The molecule has 1 aromatic carbocycles. The molecule has 0 spiro atoms. The molecule has 6 heteroatoms. The number of rotatable bonds is 3. The second-order valence-electron chi connectivity index (χ2n) is 10.5. The molecular weight excluding hydrogens is 442 g/mol. The molecule has 178 valence electrons. The van der Waals surface area contributed by atoms with Crippen LogP contribution in [0.2, 0.25) is 0 Å². The lowest BCUT2D eigenvalue weighted by Gasteiger charge is -2.49. The van der Waals surface area contributed by atoms with E-state index in [9.17, 15) is 9.59 Å². The minimum Gasteiger partial charge on any atom is -0.351 e. The molecule has 1 N–H and O–H groups in total. The molecule has 5 nitrogen and oxygen atoms in total. The molecule has 0 bridgehead atoms. The Bertz CT molecular complexity index is 1240. The Morgan fingerprint density at radius 2 is 1.85 bits per heavy atom. The van der Waals surface area contributed by atoms with Crippen LogP contribution in [0, 0.1) is 0 Å². The Balaban J connectivity index is 1.44. The Labute approximate surface area is 205 Å². The molecule has 2 aromatic heterocycles. The summed E-state index contributed by atoms with van der Waals surface area (Å²) >= 11 is 1.66. The first-order valence-corrected chi connectivity index (χ1v) is 13.7. The third kappa shape index (κ3) is 3.49. The maximum absolute atomic E-state index is 14.2. The highest BCUT2D eigenvalue weighted by atomic mass is 32.1. The van der Waals surface area contributed by atoms with E-state index in [-0.39, 0.29) is 23.9 Å². The maximum atomic E-state index is 14.2. The topological polar surface area (TPSA) is 54.3 Å². The van der Waals surface area contributed by atoms with Crippen molar-refractivity contribution in [1.82, 2.24) is 14.8 Å². The van der Waals surface area contributed by atoms with Gasteiger partial charge < -0.3 is 14.8 Å². The predicted molar refractivity (Wildman–Crippen MR) is 136 cm³/mol. The van der Waals surface area contributed by atoms with Gasteiger partial charge in [-0.3, -0.25) is 9.59 Å². The van der Waals surface area contributed by atoms with E-state index in [4.69, 9.17) is 0 Å². The number of carbonyl (C=O) groups excluding carboxylic acids is 2. The fraction of sp³-hybridized carbons (Fsp3) is 0.500. The Morgan fingerprint density at radius 1 is 1.06 bits per heavy atom. The zero-order chi connectivity index (χ0) is 23.3. The van der Waals surface area contributed by atoms with Crippen molar-refractivity contribution in [2.24, 2.45) is 0 Å². The molecule has 0 radical (unpaired) electrons. The highest BCUT2D eigenvalue weighted by Crippen LogP contribution is 2.43. The van der Waals surface area contributed by atoms with E-state index in [0.29, 0.717) is 12.2 Å². The van der Waals surface area contributed by atoms with Crippen LogP contribution < -0.4 is 5.32 Å². The van der Waals surface area contributed by atoms with Crippen LogP contribution in [0.3, 0.4) is 0 Å². The molecule has 2 amide bonds. The number of carbonyl (C=O) groups is 2. The molecular formula is C28H33N3O2S. The second kappa shape index (κ2) is 8.56. The first-order valence-electron chi connectivity index (χ1n) is 12.9. The molecule has 2 atom stereocenters. The van der Waals surface area contributed by atoms with Gasteiger partial charge in [0.25, 0.3) is 5.91 Å². The average molecular weight is 476 g/mol. The molecule has 1 fully saturated rings. The maximum Gasteiger partial charge on any atom is 0.272 e. The number of amides is 2. The van der Waals surface area contributed by atoms with Crippen molar-refractivity contribution in [2.45, 2.75) is 88.9 Å². The average Bonchev–Trinajstić information content (AvgIpc) is 3.34. The number of aryl methyl sites for hydroxylation is 1. The van der Waals surface area contributed by atoms with Gasteiger partial charge in [-0.25, -0.2) is 0 Å². The summed E-state index contributed by atoms with van der Waals surface area (Å²) < 4.78 is 3.20. The number of nitrogens with one attached hydrogen (secondary N) is 1. The molecule has 3 heterocycles. The quantitative estimate of drug-likeness (QED) is 0.484. The van der Waals surface area contributed by atoms with Gasteiger partial charge in [0.1, 0.15) is 11.2 Å². The van der Waals surface area contributed by atoms with Crippen molar-refractivity contribution in [2.75, 3.05) is 0 Å². The lowest BCUT2D eigenvalue weighted by atomic mass is 9.82. The third-order valence-corrected chi connectivity index (χ3v) is 9.14. The van der Waals surface area contributed by atoms with Crippen LogP contribution in [0.4, 0.5) is 0 Å². The highest BCUT2D eigenvalue weighted by molar-refractivity contribution is 7.17. The van der Waals surface area contributed by atoms with E-state index < -0.39 is 5.54 Å². The van der Waals surface area contributed by atoms with Gasteiger partial charge in [0.15, 0.2) is 0 Å². The van der Waals surface area contributed by atoms with Crippen LogP contribution in [0.5, 0.6) is 0 Å². The summed E-state index contributed by atoms with van der Waals surface area (Å²) in [6.07, 6.45) is 9.84. The number of hydrogen-bond acceptors (Lipinski definition) is 3. The number of aromatic nitrogens is 1. The first-order chi connectivity index (χ1) is 16.6. The van der Waals surface area contributed by atoms with Crippen molar-refractivity contribution in [3.63, 3.8) is 0 Å². The van der Waals surface area contributed by atoms with Crippen molar-refractivity contribution in [1.29, 1.82) is 0 Å². The van der Waals surface area contributed by atoms with Crippen LogP contribution in [-0.4, -0.2) is 32.9 Å². The van der Waals surface area contributed by atoms with E-state index in [0.717, 1.165) is 55.2 Å². The van der Waals surface area contributed by atoms with Crippen molar-refractivity contribution in [3.05, 3.63) is 58.6 Å². The van der Waals surface area contributed by atoms with Gasteiger partial charge in [0.05, 0.1) is 22.8 Å². The lowest BCUT2D eigenvalue weighted by Crippen LogP contribution is -2.65. The highest BCUT2D eigenvalue weighted by Gasteiger charge is 2.51. The smallest absolute Gasteiger partial charge is 0.272 e. The number of nitrogens with zero attached hydrogens (tertiary/aromatic N) is 2. The van der Waals surface area contributed by atoms with E-state index in [2.05, 4.69) is 45.6 Å². The molecule has 3 aliphatic rings. The van der Waals surface area contributed by atoms with Crippen LogP contribution in [0.15, 0.2) is 41.8 Å². The van der Waals surface area contributed by atoms with Gasteiger partial charge in [-0.15, -0.1) is 11.3 Å². The van der Waals surface area contributed by atoms with Crippen LogP contribution in [-0.2, 0) is 17.8 Å². The third-order valence-electron chi connectivity index (χ3n) is 8.29. The SMILES string of the molecule is C[C@@]1(C(=O)NC2CCCCCC2)Cn2c(cc3sccc32)C(=O)N1[C@@H]1CCCc2ccccc21. The molecule has 2 aliphatic carbocycles. The molecule has 1 aliphatic heterocycles. The van der Waals surface area contributed by atoms with Gasteiger partial charge in [0.2, 0.25) is 5.91 Å². The van der Waals surface area contributed by atoms with E-state index >= 15 is 0 Å². The molecule has 0 unspecified atom stereocenters. The predicted octanol–water partition coefficient (Wildman–Crippen LogP) is 5.83. The van der Waals surface area contributed by atoms with Crippen LogP contribution in [0.1, 0.15) is 85.9 Å². The summed E-state index contributed by atoms with van der Waals surface area (Å²) in [4.78, 5) is 30.2. The van der Waals surface area contributed by atoms with Crippen LogP contribution in [0.25, 0.3) is 10.2 Å². The van der Waals surface area contributed by atoms with E-state index in [1.54, 1.807) is 11.3 Å². The molecule has 6 rings (SSSR count). The Morgan fingerprint density at radius 3 is 2.68 bits per heavy atom. The molecule has 34 heavy (non-hydrogen) atoms. The monoisotopic (exact) mass is 475 g/mol. The van der Waals surface area contributed by atoms with E-state index in [1.165, 1.54) is 24.0 Å². The zero-order valence-electron chi connectivity index (χ0n) is 19.9. The summed E-state index contributed by atoms with van der Waals surface area (Å²) in [7, 11) is 0. The first kappa shape index (κ1) is 21.9. The largest absolute Gasteiger partial charge is 0.351 e. The number of benzene rings is 1. The summed E-state index contributed by atoms with van der Waals surface area (Å²) in [5, 5.41) is 5.47. The summed E-state index contributed by atoms with van der Waals surface area (Å²) in [6, 6.07) is 12.7. The summed E-state index contributed by atoms with van der Waals surface area (Å²) in [6.45, 7) is 2.49. The van der Waals surface area contributed by atoms with Gasteiger partial charge >= 0.3 is 0 Å². The zero-order valence-corrected chi connectivity index (χ0v) is 20.7. The number of hydrogen-bond donors (Lipinski definition) is 1. The fourth-order valence-corrected chi connectivity index (χ4v) is 7.31. The molecule has 3 aromatic rings. The Kier molecular flexibility index (Phi) is 5.51. The van der Waals surface area contributed by atoms with Crippen LogP contribution >= 0.6 is 11.3 Å². The van der Waals surface area contributed by atoms with Crippen molar-refractivity contribution in [3.8, 4) is 0 Å². The standard InChI is InChI=1S/C28H33N3O2S/c1-28(27(33)29-20-11-4-2-3-5-12-20)18-30-23-15-16-34-25(23)17-24(30)26(32)31(28)22-14-8-10-19-9-6-7-13-21(19)22/h6-7,9,13,15-17,20,22H,2-5,8,10-12,14,18H2,1H3,(H,29,33)/t22-,28+/m1/s1. The lowest BCUT2D eigenvalue weighted by molar-refractivity contribution is -0.135. The van der Waals surface area contributed by atoms with E-state index in [1.807, 2.05) is 17.9 Å². The number of fused-ring (bicyclic) bond motifs is 4. The minimum atomic E-state index is -0.945. The summed E-state index contributed by atoms with van der Waals surface area (Å²) in [5.41, 5.74) is 3.34. The number of thiophene rings is 1. The van der Waals surface area contributed by atoms with Crippen molar-refractivity contribution >= 4 is 33.4 Å². The van der Waals surface area contributed by atoms with Gasteiger partial charge in [-0.1, -0.05) is 49.9 Å². The molecule has 0 saturated heterocycles. The minimum absolute atomic E-state index is 0.00136. The van der Waals surface area contributed by atoms with Gasteiger partial charge in [-0.2, -0.15) is 0 Å². The Hall–Kier alpha value is -2.60. The summed E-state index contributed by atoms with van der Waals surface area (Å²) in [5.74, 6) is -0.0200.